The van der Waals surface area contributed by atoms with Crippen molar-refractivity contribution in [3.05, 3.63) is 70.0 Å². The molecule has 0 radical (unpaired) electrons. The molecular formula is C26H31ClO2S. The zero-order valence-corrected chi connectivity index (χ0v) is 19.5. The van der Waals surface area contributed by atoms with E-state index < -0.39 is 0 Å². The van der Waals surface area contributed by atoms with Crippen molar-refractivity contribution in [2.75, 3.05) is 0 Å². The molecule has 3 aromatic rings. The predicted molar refractivity (Wildman–Crippen MR) is 128 cm³/mol. The maximum atomic E-state index is 12.9. The summed E-state index contributed by atoms with van der Waals surface area (Å²) < 4.78 is 5.34. The molecule has 0 fully saturated rings. The number of hydrogen-bond donors (Lipinski definition) is 0. The quantitative estimate of drug-likeness (QED) is 0.206. The summed E-state index contributed by atoms with van der Waals surface area (Å²) >= 11 is 7.64. The third kappa shape index (κ3) is 6.09. The van der Waals surface area contributed by atoms with E-state index in [0.717, 1.165) is 26.8 Å². The van der Waals surface area contributed by atoms with Gasteiger partial charge >= 0.3 is 0 Å². The van der Waals surface area contributed by atoms with Crippen molar-refractivity contribution in [1.29, 1.82) is 0 Å². The summed E-state index contributed by atoms with van der Waals surface area (Å²) in [6.45, 7) is 4.53. The fourth-order valence-corrected chi connectivity index (χ4v) is 5.16. The van der Waals surface area contributed by atoms with Gasteiger partial charge in [-0.2, -0.15) is 0 Å². The van der Waals surface area contributed by atoms with Gasteiger partial charge in [-0.05, 0) is 53.8 Å². The van der Waals surface area contributed by atoms with E-state index in [1.807, 2.05) is 24.3 Å². The molecule has 0 aliphatic rings. The van der Waals surface area contributed by atoms with Crippen LogP contribution in [-0.4, -0.2) is 5.78 Å². The van der Waals surface area contributed by atoms with Crippen LogP contribution in [0.4, 0.5) is 0 Å². The molecule has 160 valence electrons. The van der Waals surface area contributed by atoms with E-state index in [9.17, 15) is 4.79 Å². The molecule has 4 heteroatoms. The second kappa shape index (κ2) is 11.5. The fourth-order valence-electron chi connectivity index (χ4n) is 3.80. The molecular weight excluding hydrogens is 412 g/mol. The number of furan rings is 1. The van der Waals surface area contributed by atoms with Gasteiger partial charge in [0, 0.05) is 9.90 Å². The number of hydrogen-bond acceptors (Lipinski definition) is 3. The molecule has 0 N–H and O–H groups in total. The van der Waals surface area contributed by atoms with E-state index in [4.69, 9.17) is 16.0 Å². The van der Waals surface area contributed by atoms with Crippen LogP contribution in [0.5, 0.6) is 0 Å². The van der Waals surface area contributed by atoms with Crippen molar-refractivity contribution in [1.82, 2.24) is 0 Å². The second-order valence-electron chi connectivity index (χ2n) is 8.02. The minimum atomic E-state index is -0.0467. The highest BCUT2D eigenvalue weighted by atomic mass is 35.5. The molecule has 0 saturated carbocycles. The highest BCUT2D eigenvalue weighted by molar-refractivity contribution is 7.17. The van der Waals surface area contributed by atoms with Crippen LogP contribution in [0.15, 0.2) is 53.1 Å². The summed E-state index contributed by atoms with van der Waals surface area (Å²) in [6.07, 6.45) is 11.9. The van der Waals surface area contributed by atoms with Crippen molar-refractivity contribution in [2.24, 2.45) is 0 Å². The van der Waals surface area contributed by atoms with E-state index in [1.54, 1.807) is 29.7 Å². The summed E-state index contributed by atoms with van der Waals surface area (Å²) in [5.41, 5.74) is 2.37. The Morgan fingerprint density at radius 1 is 1.03 bits per heavy atom. The molecule has 0 amide bonds. The first-order valence-corrected chi connectivity index (χ1v) is 12.3. The summed E-state index contributed by atoms with van der Waals surface area (Å²) in [6, 6.07) is 13.5. The van der Waals surface area contributed by atoms with Gasteiger partial charge in [-0.1, -0.05) is 82.5 Å². The van der Waals surface area contributed by atoms with Crippen LogP contribution in [0.3, 0.4) is 0 Å². The van der Waals surface area contributed by atoms with Gasteiger partial charge < -0.3 is 4.42 Å². The summed E-state index contributed by atoms with van der Waals surface area (Å²) in [4.78, 5) is 14.8. The SMILES string of the molecule is CCCCCCCCCC(C)c1cc(C(=O)c2ccco2)sc1-c1ccc(Cl)cc1. The molecule has 1 atom stereocenters. The normalized spacial score (nSPS) is 12.2. The Labute approximate surface area is 189 Å². The van der Waals surface area contributed by atoms with Gasteiger partial charge in [-0.3, -0.25) is 4.79 Å². The molecule has 2 nitrogen and oxygen atoms in total. The third-order valence-corrected chi connectivity index (χ3v) is 7.06. The van der Waals surface area contributed by atoms with Crippen LogP contribution >= 0.6 is 22.9 Å². The van der Waals surface area contributed by atoms with Gasteiger partial charge in [0.1, 0.15) is 0 Å². The molecule has 2 aromatic heterocycles. The first-order valence-electron chi connectivity index (χ1n) is 11.1. The van der Waals surface area contributed by atoms with Gasteiger partial charge in [0.2, 0.25) is 5.78 Å². The van der Waals surface area contributed by atoms with Gasteiger partial charge in [-0.15, -0.1) is 11.3 Å². The second-order valence-corrected chi connectivity index (χ2v) is 9.51. The Kier molecular flexibility index (Phi) is 8.77. The summed E-state index contributed by atoms with van der Waals surface area (Å²) in [5.74, 6) is 0.750. The number of carbonyl (C=O) groups excluding carboxylic acids is 1. The Bertz CT molecular complexity index is 909. The average Bonchev–Trinajstić information content (AvgIpc) is 3.43. The zero-order chi connectivity index (χ0) is 21.3. The first-order chi connectivity index (χ1) is 14.6. The van der Waals surface area contributed by atoms with E-state index in [0.29, 0.717) is 11.7 Å². The lowest BCUT2D eigenvalue weighted by Crippen LogP contribution is -1.97. The minimum Gasteiger partial charge on any atom is -0.461 e. The van der Waals surface area contributed by atoms with Gasteiger partial charge in [0.05, 0.1) is 11.1 Å². The molecule has 3 rings (SSSR count). The fraction of sp³-hybridized carbons (Fsp3) is 0.423. The number of halogens is 1. The van der Waals surface area contributed by atoms with Crippen LogP contribution in [0.2, 0.25) is 5.02 Å². The molecule has 2 heterocycles. The number of carbonyl (C=O) groups is 1. The minimum absolute atomic E-state index is 0.0467. The number of thiophene rings is 1. The highest BCUT2D eigenvalue weighted by Gasteiger charge is 2.21. The lowest BCUT2D eigenvalue weighted by Gasteiger charge is -2.13. The number of ketones is 1. The highest BCUT2D eigenvalue weighted by Crippen LogP contribution is 2.40. The molecule has 0 spiro atoms. The number of unbranched alkanes of at least 4 members (excludes halogenated alkanes) is 6. The van der Waals surface area contributed by atoms with Crippen molar-refractivity contribution >= 4 is 28.7 Å². The van der Waals surface area contributed by atoms with Crippen molar-refractivity contribution in [3.63, 3.8) is 0 Å². The van der Waals surface area contributed by atoms with Gasteiger partial charge in [-0.25, -0.2) is 0 Å². The molecule has 1 aromatic carbocycles. The Hall–Kier alpha value is -1.84. The maximum absolute atomic E-state index is 12.9. The summed E-state index contributed by atoms with van der Waals surface area (Å²) in [5, 5.41) is 0.722. The Balaban J connectivity index is 1.74. The zero-order valence-electron chi connectivity index (χ0n) is 18.0. The molecule has 30 heavy (non-hydrogen) atoms. The van der Waals surface area contributed by atoms with Crippen molar-refractivity contribution in [3.8, 4) is 10.4 Å². The van der Waals surface area contributed by atoms with E-state index in [-0.39, 0.29) is 5.78 Å². The lowest BCUT2D eigenvalue weighted by atomic mass is 9.92. The van der Waals surface area contributed by atoms with Crippen molar-refractivity contribution < 1.29 is 9.21 Å². The Morgan fingerprint density at radius 3 is 2.40 bits per heavy atom. The number of benzene rings is 1. The maximum Gasteiger partial charge on any atom is 0.238 e. The predicted octanol–water partition coefficient (Wildman–Crippen LogP) is 9.14. The third-order valence-electron chi connectivity index (χ3n) is 5.61. The topological polar surface area (TPSA) is 30.2 Å². The van der Waals surface area contributed by atoms with Crippen LogP contribution < -0.4 is 0 Å². The average molecular weight is 443 g/mol. The van der Waals surface area contributed by atoms with Gasteiger partial charge in [0.15, 0.2) is 5.76 Å². The van der Waals surface area contributed by atoms with Gasteiger partial charge in [0.25, 0.3) is 0 Å². The molecule has 1 unspecified atom stereocenters. The van der Waals surface area contributed by atoms with E-state index >= 15 is 0 Å². The molecule has 0 aliphatic heterocycles. The van der Waals surface area contributed by atoms with Crippen LogP contribution in [0, 0.1) is 0 Å². The largest absolute Gasteiger partial charge is 0.461 e. The lowest BCUT2D eigenvalue weighted by molar-refractivity contribution is 0.101. The van der Waals surface area contributed by atoms with Crippen LogP contribution in [0.1, 0.15) is 92.1 Å². The van der Waals surface area contributed by atoms with Crippen molar-refractivity contribution in [2.45, 2.75) is 71.1 Å². The van der Waals surface area contributed by atoms with E-state index in [2.05, 4.69) is 19.9 Å². The first kappa shape index (κ1) is 22.8. The molecule has 0 saturated heterocycles. The Morgan fingerprint density at radius 2 is 1.73 bits per heavy atom. The van der Waals surface area contributed by atoms with Crippen LogP contribution in [-0.2, 0) is 0 Å². The number of rotatable bonds is 12. The monoisotopic (exact) mass is 442 g/mol. The molecule has 0 aliphatic carbocycles. The van der Waals surface area contributed by atoms with Crippen LogP contribution in [0.25, 0.3) is 10.4 Å². The molecule has 0 bridgehead atoms. The standard InChI is InChI=1S/C26H31ClO2S/c1-3-4-5-6-7-8-9-11-19(2)22-18-24(25(28)23-12-10-17-29-23)30-26(22)20-13-15-21(27)16-14-20/h10,12-19H,3-9,11H2,1-2H3. The summed E-state index contributed by atoms with van der Waals surface area (Å²) in [7, 11) is 0. The smallest absolute Gasteiger partial charge is 0.238 e. The van der Waals surface area contributed by atoms with E-state index in [1.165, 1.54) is 50.5 Å².